The molecule has 0 aliphatic carbocycles. The first-order chi connectivity index (χ1) is 31.4. The number of fused-ring (bicyclic) bond motifs is 2. The van der Waals surface area contributed by atoms with Gasteiger partial charge in [-0.05, 0) is 122 Å². The molecule has 6 heteroatoms. The van der Waals surface area contributed by atoms with Crippen molar-refractivity contribution in [2.24, 2.45) is 0 Å². The van der Waals surface area contributed by atoms with E-state index in [1.165, 1.54) is 32.1 Å². The lowest BCUT2D eigenvalue weighted by Crippen LogP contribution is -2.09. The molecule has 0 aliphatic heterocycles. The molecule has 0 atom stereocenters. The summed E-state index contributed by atoms with van der Waals surface area (Å²) in [5.74, 6) is 0.476. The van der Waals surface area contributed by atoms with E-state index in [0.29, 0.717) is 41.2 Å². The first-order valence-electron chi connectivity index (χ1n) is 22.6. The van der Waals surface area contributed by atoms with Crippen LogP contribution in [0.5, 0.6) is 17.2 Å². The molecular weight excluding hydrogens is 793 g/mol. The van der Waals surface area contributed by atoms with E-state index >= 15 is 0 Å². The van der Waals surface area contributed by atoms with Crippen molar-refractivity contribution < 1.29 is 28.9 Å². The summed E-state index contributed by atoms with van der Waals surface area (Å²) >= 11 is 0. The second-order valence-corrected chi connectivity index (χ2v) is 16.3. The molecule has 0 amide bonds. The van der Waals surface area contributed by atoms with Gasteiger partial charge in [0, 0.05) is 11.1 Å². The Bertz CT molecular complexity index is 2860. The molecule has 0 radical (unpaired) electrons. The van der Waals surface area contributed by atoms with Crippen molar-refractivity contribution in [2.75, 3.05) is 13.2 Å². The Labute approximate surface area is 376 Å². The number of hydrogen-bond acceptors (Lipinski definition) is 5. The summed E-state index contributed by atoms with van der Waals surface area (Å²) in [6.07, 6.45) is 9.17. The third-order valence-corrected chi connectivity index (χ3v) is 11.8. The van der Waals surface area contributed by atoms with Crippen LogP contribution in [0, 0.1) is 0 Å². The van der Waals surface area contributed by atoms with Crippen LogP contribution in [0.25, 0.3) is 66.1 Å². The van der Waals surface area contributed by atoms with Gasteiger partial charge in [0.15, 0.2) is 0 Å². The highest BCUT2D eigenvalue weighted by Crippen LogP contribution is 2.47. The molecule has 8 rings (SSSR count). The maximum absolute atomic E-state index is 14.2. The average Bonchev–Trinajstić information content (AvgIpc) is 3.34. The molecule has 0 saturated heterocycles. The Balaban J connectivity index is 1.15. The highest BCUT2D eigenvalue weighted by Gasteiger charge is 2.24. The maximum atomic E-state index is 14.2. The van der Waals surface area contributed by atoms with Gasteiger partial charge in [0.2, 0.25) is 0 Å². The normalized spacial score (nSPS) is 11.2. The third-order valence-electron chi connectivity index (χ3n) is 11.8. The van der Waals surface area contributed by atoms with Crippen LogP contribution in [-0.4, -0.2) is 30.3 Å². The molecule has 8 aromatic rings. The predicted molar refractivity (Wildman–Crippen MR) is 261 cm³/mol. The summed E-state index contributed by atoms with van der Waals surface area (Å²) in [6.45, 7) is 5.78. The lowest BCUT2D eigenvalue weighted by atomic mass is 9.84. The molecule has 0 fully saturated rings. The van der Waals surface area contributed by atoms with Gasteiger partial charge in [-0.15, -0.1) is 0 Å². The van der Waals surface area contributed by atoms with Gasteiger partial charge in [-0.3, -0.25) is 0 Å². The molecular formula is C58H54O6. The van der Waals surface area contributed by atoms with Crippen molar-refractivity contribution in [3.8, 4) is 61.8 Å². The molecule has 64 heavy (non-hydrogen) atoms. The fraction of sp³-hybridized carbons (Fsp3) is 0.207. The average molecular weight is 847 g/mol. The summed E-state index contributed by atoms with van der Waals surface area (Å²) in [6, 6.07) is 52.7. The Hall–Kier alpha value is -7.18. The predicted octanol–water partition coefficient (Wildman–Crippen LogP) is 15.5. The quantitative estimate of drug-likeness (QED) is 0.0496. The second-order valence-electron chi connectivity index (χ2n) is 16.3. The Morgan fingerprint density at radius 2 is 0.969 bits per heavy atom. The SMILES string of the molecule is CCCCCCOc1ccc(-c2ccc(C(=O)Oc3ccc4ccccc4c3-c3c(-c4cc(-c5ccc(OCCCCCC)cc5)ccc4C(=O)O)ccc4ccccc34)cc2)cc1. The number of carbonyl (C=O) groups is 2. The number of unbranched alkanes of at least 4 members (excludes halogenated alkanes) is 6. The second kappa shape index (κ2) is 20.8. The topological polar surface area (TPSA) is 82.1 Å². The monoisotopic (exact) mass is 846 g/mol. The van der Waals surface area contributed by atoms with E-state index in [1.807, 2.05) is 146 Å². The van der Waals surface area contributed by atoms with Crippen molar-refractivity contribution in [1.29, 1.82) is 0 Å². The summed E-state index contributed by atoms with van der Waals surface area (Å²) < 4.78 is 18.4. The highest BCUT2D eigenvalue weighted by atomic mass is 16.5. The molecule has 0 saturated carbocycles. The van der Waals surface area contributed by atoms with Gasteiger partial charge in [0.25, 0.3) is 0 Å². The maximum Gasteiger partial charge on any atom is 0.343 e. The lowest BCUT2D eigenvalue weighted by molar-refractivity contribution is 0.0695. The molecule has 6 nitrogen and oxygen atoms in total. The van der Waals surface area contributed by atoms with Crippen LogP contribution in [0.4, 0.5) is 0 Å². The minimum atomic E-state index is -1.04. The number of hydrogen-bond donors (Lipinski definition) is 1. The van der Waals surface area contributed by atoms with E-state index < -0.39 is 11.9 Å². The van der Waals surface area contributed by atoms with Crippen LogP contribution in [0.1, 0.15) is 85.9 Å². The van der Waals surface area contributed by atoms with E-state index in [9.17, 15) is 14.7 Å². The summed E-state index contributed by atoms with van der Waals surface area (Å²) in [7, 11) is 0. The van der Waals surface area contributed by atoms with E-state index in [0.717, 1.165) is 80.1 Å². The Morgan fingerprint density at radius 1 is 0.469 bits per heavy atom. The van der Waals surface area contributed by atoms with Gasteiger partial charge >= 0.3 is 11.9 Å². The fourth-order valence-electron chi connectivity index (χ4n) is 8.38. The van der Waals surface area contributed by atoms with Crippen LogP contribution < -0.4 is 14.2 Å². The van der Waals surface area contributed by atoms with Crippen LogP contribution in [0.2, 0.25) is 0 Å². The largest absolute Gasteiger partial charge is 0.494 e. The van der Waals surface area contributed by atoms with E-state index in [2.05, 4.69) is 13.8 Å². The standard InChI is InChI=1S/C58H54O6/c1-3-5-7-13-37-62-47-30-23-41(24-31-47)40-19-21-45(22-20-40)58(61)64-54-36-29-44-16-10-12-18-50(44)56(54)55-49-17-11-9-15-43(49)27-34-51(55)53-39-46(28-35-52(53)57(59)60)42-25-32-48(33-26-42)63-38-14-8-6-4-2/h9-12,15-36,39H,3-8,13-14,37-38H2,1-2H3,(H,59,60). The number of carbonyl (C=O) groups excluding carboxylic acids is 1. The minimum absolute atomic E-state index is 0.163. The number of rotatable bonds is 19. The van der Waals surface area contributed by atoms with E-state index in [1.54, 1.807) is 18.2 Å². The molecule has 0 spiro atoms. The molecule has 8 aromatic carbocycles. The number of ether oxygens (including phenoxy) is 3. The first kappa shape index (κ1) is 43.5. The van der Waals surface area contributed by atoms with Crippen LogP contribution in [0.15, 0.2) is 164 Å². The fourth-order valence-corrected chi connectivity index (χ4v) is 8.38. The number of benzene rings is 8. The zero-order valence-corrected chi connectivity index (χ0v) is 36.6. The molecule has 0 aromatic heterocycles. The van der Waals surface area contributed by atoms with Crippen molar-refractivity contribution >= 4 is 33.5 Å². The molecule has 0 bridgehead atoms. The third kappa shape index (κ3) is 10.0. The number of carboxylic acid groups (broad SMARTS) is 1. The molecule has 0 unspecified atom stereocenters. The summed E-state index contributed by atoms with van der Waals surface area (Å²) in [5, 5.41) is 14.4. The van der Waals surface area contributed by atoms with E-state index in [-0.39, 0.29) is 5.56 Å². The van der Waals surface area contributed by atoms with Crippen LogP contribution in [0.3, 0.4) is 0 Å². The van der Waals surface area contributed by atoms with E-state index in [4.69, 9.17) is 14.2 Å². The van der Waals surface area contributed by atoms with Gasteiger partial charge in [-0.2, -0.15) is 0 Å². The smallest absolute Gasteiger partial charge is 0.343 e. The Morgan fingerprint density at radius 3 is 1.53 bits per heavy atom. The van der Waals surface area contributed by atoms with Gasteiger partial charge in [0.1, 0.15) is 17.2 Å². The molecule has 0 heterocycles. The van der Waals surface area contributed by atoms with Gasteiger partial charge in [-0.25, -0.2) is 9.59 Å². The minimum Gasteiger partial charge on any atom is -0.494 e. The zero-order valence-electron chi connectivity index (χ0n) is 36.6. The van der Waals surface area contributed by atoms with Gasteiger partial charge in [-0.1, -0.05) is 162 Å². The molecule has 0 aliphatic rings. The summed E-state index contributed by atoms with van der Waals surface area (Å²) in [5.41, 5.74) is 7.08. The zero-order chi connectivity index (χ0) is 44.3. The van der Waals surface area contributed by atoms with Gasteiger partial charge in [0.05, 0.1) is 24.3 Å². The number of carboxylic acids is 1. The highest BCUT2D eigenvalue weighted by molar-refractivity contribution is 6.14. The van der Waals surface area contributed by atoms with Crippen LogP contribution in [-0.2, 0) is 0 Å². The first-order valence-corrected chi connectivity index (χ1v) is 22.6. The molecule has 322 valence electrons. The van der Waals surface area contributed by atoms with Crippen molar-refractivity contribution in [1.82, 2.24) is 0 Å². The van der Waals surface area contributed by atoms with Crippen molar-refractivity contribution in [2.45, 2.75) is 65.2 Å². The van der Waals surface area contributed by atoms with Gasteiger partial charge < -0.3 is 19.3 Å². The molecule has 1 N–H and O–H groups in total. The Kier molecular flexibility index (Phi) is 14.1. The van der Waals surface area contributed by atoms with Crippen molar-refractivity contribution in [3.63, 3.8) is 0 Å². The summed E-state index contributed by atoms with van der Waals surface area (Å²) in [4.78, 5) is 27.2. The van der Waals surface area contributed by atoms with Crippen molar-refractivity contribution in [3.05, 3.63) is 175 Å². The number of esters is 1. The lowest BCUT2D eigenvalue weighted by Gasteiger charge is -2.20. The van der Waals surface area contributed by atoms with Crippen LogP contribution >= 0.6 is 0 Å². The number of aromatic carboxylic acids is 1.